The lowest BCUT2D eigenvalue weighted by Gasteiger charge is -2.28. The summed E-state index contributed by atoms with van der Waals surface area (Å²) in [5.41, 5.74) is 7.00. The Labute approximate surface area is 113 Å². The first-order valence-corrected chi connectivity index (χ1v) is 6.79. The highest BCUT2D eigenvalue weighted by Gasteiger charge is 2.38. The summed E-state index contributed by atoms with van der Waals surface area (Å²) in [5.74, 6) is 0.372. The second kappa shape index (κ2) is 5.70. The van der Waals surface area contributed by atoms with Crippen LogP contribution in [0.1, 0.15) is 38.3 Å². The molecular formula is C15H21FN2O. The standard InChI is InChI=1S/C15H21FN2O/c1-10(2)7-8-18-14(19)9-13(17)15(18)11-3-5-12(16)6-4-11/h3-6,10,13,15H,7-9,17H2,1-2H3. The minimum atomic E-state index is -0.268. The average molecular weight is 264 g/mol. The van der Waals surface area contributed by atoms with E-state index in [9.17, 15) is 9.18 Å². The van der Waals surface area contributed by atoms with Crippen LogP contribution < -0.4 is 5.73 Å². The Bertz CT molecular complexity index is 444. The lowest BCUT2D eigenvalue weighted by atomic mass is 10.0. The topological polar surface area (TPSA) is 46.3 Å². The van der Waals surface area contributed by atoms with E-state index in [4.69, 9.17) is 5.73 Å². The predicted molar refractivity (Wildman–Crippen MR) is 72.9 cm³/mol. The molecule has 4 heteroatoms. The molecule has 19 heavy (non-hydrogen) atoms. The molecule has 0 spiro atoms. The van der Waals surface area contributed by atoms with E-state index in [1.807, 2.05) is 4.90 Å². The number of nitrogens with two attached hydrogens (primary N) is 1. The van der Waals surface area contributed by atoms with Crippen LogP contribution >= 0.6 is 0 Å². The van der Waals surface area contributed by atoms with Crippen molar-refractivity contribution in [3.05, 3.63) is 35.6 Å². The third kappa shape index (κ3) is 3.13. The van der Waals surface area contributed by atoms with E-state index in [0.717, 1.165) is 12.0 Å². The first-order chi connectivity index (χ1) is 8.99. The van der Waals surface area contributed by atoms with E-state index >= 15 is 0 Å². The number of likely N-dealkylation sites (tertiary alicyclic amines) is 1. The van der Waals surface area contributed by atoms with Crippen LogP contribution in [0.5, 0.6) is 0 Å². The molecule has 0 aromatic heterocycles. The maximum atomic E-state index is 13.0. The van der Waals surface area contributed by atoms with Crippen molar-refractivity contribution < 1.29 is 9.18 Å². The van der Waals surface area contributed by atoms with Crippen LogP contribution in [0.4, 0.5) is 4.39 Å². The molecule has 1 aromatic carbocycles. The molecule has 0 bridgehead atoms. The van der Waals surface area contributed by atoms with E-state index in [0.29, 0.717) is 18.9 Å². The van der Waals surface area contributed by atoms with Gasteiger partial charge in [-0.1, -0.05) is 26.0 Å². The van der Waals surface area contributed by atoms with Crippen molar-refractivity contribution in [3.8, 4) is 0 Å². The minimum absolute atomic E-state index is 0.0995. The van der Waals surface area contributed by atoms with Gasteiger partial charge in [0, 0.05) is 19.0 Å². The molecular weight excluding hydrogens is 243 g/mol. The first-order valence-electron chi connectivity index (χ1n) is 6.79. The maximum Gasteiger partial charge on any atom is 0.224 e. The van der Waals surface area contributed by atoms with Gasteiger partial charge in [-0.3, -0.25) is 4.79 Å². The number of hydrogen-bond donors (Lipinski definition) is 1. The van der Waals surface area contributed by atoms with Gasteiger partial charge in [0.05, 0.1) is 6.04 Å². The lowest BCUT2D eigenvalue weighted by molar-refractivity contribution is -0.129. The number of nitrogens with zero attached hydrogens (tertiary/aromatic N) is 1. The van der Waals surface area contributed by atoms with Gasteiger partial charge in [-0.25, -0.2) is 4.39 Å². The van der Waals surface area contributed by atoms with Gasteiger partial charge in [0.2, 0.25) is 5.91 Å². The number of benzene rings is 1. The van der Waals surface area contributed by atoms with E-state index < -0.39 is 0 Å². The molecule has 1 aliphatic heterocycles. The van der Waals surface area contributed by atoms with Crippen molar-refractivity contribution in [2.45, 2.75) is 38.8 Å². The zero-order valence-corrected chi connectivity index (χ0v) is 11.5. The molecule has 3 nitrogen and oxygen atoms in total. The summed E-state index contributed by atoms with van der Waals surface area (Å²) in [6, 6.07) is 5.97. The molecule has 1 aromatic rings. The number of hydrogen-bond acceptors (Lipinski definition) is 2. The third-order valence-electron chi connectivity index (χ3n) is 3.63. The number of rotatable bonds is 4. The summed E-state index contributed by atoms with van der Waals surface area (Å²) >= 11 is 0. The Morgan fingerprint density at radius 1 is 1.37 bits per heavy atom. The molecule has 104 valence electrons. The molecule has 1 amide bonds. The van der Waals surface area contributed by atoms with Gasteiger partial charge in [0.1, 0.15) is 5.82 Å². The van der Waals surface area contributed by atoms with Gasteiger partial charge < -0.3 is 10.6 Å². The molecule has 1 fully saturated rings. The van der Waals surface area contributed by atoms with Crippen LogP contribution in [0.2, 0.25) is 0 Å². The van der Waals surface area contributed by atoms with Crippen molar-refractivity contribution in [3.63, 3.8) is 0 Å². The highest BCUT2D eigenvalue weighted by Crippen LogP contribution is 2.32. The third-order valence-corrected chi connectivity index (χ3v) is 3.63. The van der Waals surface area contributed by atoms with Crippen molar-refractivity contribution >= 4 is 5.91 Å². The summed E-state index contributed by atoms with van der Waals surface area (Å²) in [4.78, 5) is 13.9. The van der Waals surface area contributed by atoms with Crippen molar-refractivity contribution in [2.24, 2.45) is 11.7 Å². The highest BCUT2D eigenvalue weighted by atomic mass is 19.1. The van der Waals surface area contributed by atoms with E-state index in [1.165, 1.54) is 12.1 Å². The van der Waals surface area contributed by atoms with E-state index in [-0.39, 0.29) is 23.8 Å². The fourth-order valence-corrected chi connectivity index (χ4v) is 2.56. The monoisotopic (exact) mass is 264 g/mol. The normalized spacial score (nSPS) is 23.4. The molecule has 2 N–H and O–H groups in total. The molecule has 0 saturated carbocycles. The highest BCUT2D eigenvalue weighted by molar-refractivity contribution is 5.80. The zero-order chi connectivity index (χ0) is 14.0. The second-order valence-corrected chi connectivity index (χ2v) is 5.63. The van der Waals surface area contributed by atoms with Crippen molar-refractivity contribution in [2.75, 3.05) is 6.54 Å². The Kier molecular flexibility index (Phi) is 4.20. The van der Waals surface area contributed by atoms with E-state index in [1.54, 1.807) is 12.1 Å². The van der Waals surface area contributed by atoms with Crippen LogP contribution in [-0.4, -0.2) is 23.4 Å². The van der Waals surface area contributed by atoms with Crippen LogP contribution in [0.15, 0.2) is 24.3 Å². The van der Waals surface area contributed by atoms with Gasteiger partial charge in [-0.05, 0) is 30.0 Å². The van der Waals surface area contributed by atoms with Gasteiger partial charge in [0.15, 0.2) is 0 Å². The second-order valence-electron chi connectivity index (χ2n) is 5.63. The molecule has 1 heterocycles. The zero-order valence-electron chi connectivity index (χ0n) is 11.5. The van der Waals surface area contributed by atoms with Crippen LogP contribution in [0.3, 0.4) is 0 Å². The summed E-state index contributed by atoms with van der Waals surface area (Å²) in [6.07, 6.45) is 1.33. The molecule has 1 aliphatic rings. The van der Waals surface area contributed by atoms with Gasteiger partial charge >= 0.3 is 0 Å². The van der Waals surface area contributed by atoms with Crippen molar-refractivity contribution in [1.82, 2.24) is 4.90 Å². The minimum Gasteiger partial charge on any atom is -0.334 e. The van der Waals surface area contributed by atoms with Crippen LogP contribution in [0, 0.1) is 11.7 Å². The van der Waals surface area contributed by atoms with Crippen LogP contribution in [-0.2, 0) is 4.79 Å². The lowest BCUT2D eigenvalue weighted by Crippen LogP contribution is -2.34. The molecule has 2 unspecified atom stereocenters. The Morgan fingerprint density at radius 3 is 2.58 bits per heavy atom. The number of halogens is 1. The number of carbonyl (C=O) groups excluding carboxylic acids is 1. The molecule has 2 rings (SSSR count). The Morgan fingerprint density at radius 2 is 2.00 bits per heavy atom. The first kappa shape index (κ1) is 14.0. The average Bonchev–Trinajstić information content (AvgIpc) is 2.62. The molecule has 0 aliphatic carbocycles. The fraction of sp³-hybridized carbons (Fsp3) is 0.533. The van der Waals surface area contributed by atoms with Gasteiger partial charge in [-0.15, -0.1) is 0 Å². The summed E-state index contributed by atoms with van der Waals surface area (Å²) in [5, 5.41) is 0. The summed E-state index contributed by atoms with van der Waals surface area (Å²) in [7, 11) is 0. The largest absolute Gasteiger partial charge is 0.334 e. The molecule has 2 atom stereocenters. The Balaban J connectivity index is 2.19. The quantitative estimate of drug-likeness (QED) is 0.908. The SMILES string of the molecule is CC(C)CCN1C(=O)CC(N)C1c1ccc(F)cc1. The molecule has 0 radical (unpaired) electrons. The predicted octanol–water partition coefficient (Wildman–Crippen LogP) is 2.47. The summed E-state index contributed by atoms with van der Waals surface area (Å²) in [6.45, 7) is 4.98. The Hall–Kier alpha value is -1.42. The number of carbonyl (C=O) groups is 1. The maximum absolute atomic E-state index is 13.0. The fourth-order valence-electron chi connectivity index (χ4n) is 2.56. The van der Waals surface area contributed by atoms with Crippen LogP contribution in [0.25, 0.3) is 0 Å². The number of amides is 1. The smallest absolute Gasteiger partial charge is 0.224 e. The molecule has 1 saturated heterocycles. The van der Waals surface area contributed by atoms with Gasteiger partial charge in [-0.2, -0.15) is 0 Å². The van der Waals surface area contributed by atoms with E-state index in [2.05, 4.69) is 13.8 Å². The van der Waals surface area contributed by atoms with Crippen molar-refractivity contribution in [1.29, 1.82) is 0 Å². The summed E-state index contributed by atoms with van der Waals surface area (Å²) < 4.78 is 13.0. The van der Waals surface area contributed by atoms with Gasteiger partial charge in [0.25, 0.3) is 0 Å².